The Bertz CT molecular complexity index is 493. The van der Waals surface area contributed by atoms with E-state index < -0.39 is 10.0 Å². The summed E-state index contributed by atoms with van der Waals surface area (Å²) >= 11 is 0. The highest BCUT2D eigenvalue weighted by molar-refractivity contribution is 7.89. The van der Waals surface area contributed by atoms with Gasteiger partial charge in [-0.15, -0.1) is 12.4 Å². The summed E-state index contributed by atoms with van der Waals surface area (Å²) in [6.45, 7) is 10.2. The second kappa shape index (κ2) is 7.98. The smallest absolute Gasteiger partial charge is 0.240 e. The molecular weight excluding hydrogens is 296 g/mol. The van der Waals surface area contributed by atoms with Crippen molar-refractivity contribution in [3.05, 3.63) is 29.8 Å². The molecule has 0 aromatic heterocycles. The maximum absolute atomic E-state index is 12.0. The van der Waals surface area contributed by atoms with Crippen LogP contribution in [0.15, 0.2) is 29.2 Å². The van der Waals surface area contributed by atoms with Crippen molar-refractivity contribution in [1.29, 1.82) is 0 Å². The van der Waals surface area contributed by atoms with E-state index in [1.807, 2.05) is 19.1 Å². The Balaban J connectivity index is 0.00000361. The Morgan fingerprint density at radius 2 is 1.60 bits per heavy atom. The minimum atomic E-state index is -3.39. The van der Waals surface area contributed by atoms with Gasteiger partial charge in [-0.25, -0.2) is 13.1 Å². The Hall–Kier alpha value is -0.620. The van der Waals surface area contributed by atoms with Crippen LogP contribution in [0.25, 0.3) is 0 Å². The number of rotatable bonds is 6. The molecule has 1 rings (SSSR count). The first-order valence-corrected chi connectivity index (χ1v) is 8.06. The molecule has 0 heterocycles. The summed E-state index contributed by atoms with van der Waals surface area (Å²) in [5, 5.41) is 3.07. The first-order valence-electron chi connectivity index (χ1n) is 6.58. The lowest BCUT2D eigenvalue weighted by Gasteiger charge is -2.19. The van der Waals surface area contributed by atoms with Crippen LogP contribution in [0.5, 0.6) is 0 Å². The van der Waals surface area contributed by atoms with Crippen LogP contribution in [0.1, 0.15) is 33.3 Å². The predicted molar refractivity (Wildman–Crippen MR) is 86.1 cm³/mol. The second-order valence-corrected chi connectivity index (χ2v) is 7.29. The number of halogens is 1. The van der Waals surface area contributed by atoms with Crippen LogP contribution in [0.4, 0.5) is 0 Å². The molecule has 0 bridgehead atoms. The van der Waals surface area contributed by atoms with Gasteiger partial charge in [0, 0.05) is 13.1 Å². The summed E-state index contributed by atoms with van der Waals surface area (Å²) < 4.78 is 26.6. The fourth-order valence-corrected chi connectivity index (χ4v) is 2.70. The zero-order valence-corrected chi connectivity index (χ0v) is 14.2. The summed E-state index contributed by atoms with van der Waals surface area (Å²) in [6, 6.07) is 7.07. The Labute approximate surface area is 128 Å². The number of likely N-dealkylation sites (N-methyl/N-ethyl adjacent to an activating group) is 1. The lowest BCUT2D eigenvalue weighted by atomic mass is 9.87. The molecule has 2 N–H and O–H groups in total. The zero-order chi connectivity index (χ0) is 14.5. The number of nitrogens with one attached hydrogen (secondary N) is 2. The summed E-state index contributed by atoms with van der Waals surface area (Å²) in [7, 11) is -3.39. The van der Waals surface area contributed by atoms with Crippen LogP contribution < -0.4 is 10.0 Å². The minimum absolute atomic E-state index is 0. The van der Waals surface area contributed by atoms with E-state index in [0.717, 1.165) is 12.1 Å². The van der Waals surface area contributed by atoms with Crippen molar-refractivity contribution in [2.24, 2.45) is 0 Å². The lowest BCUT2D eigenvalue weighted by Crippen LogP contribution is -2.31. The molecule has 116 valence electrons. The van der Waals surface area contributed by atoms with E-state index in [1.54, 1.807) is 12.1 Å². The normalized spacial score (nSPS) is 12.0. The topological polar surface area (TPSA) is 58.2 Å². The molecule has 0 atom stereocenters. The van der Waals surface area contributed by atoms with Gasteiger partial charge in [0.1, 0.15) is 0 Å². The summed E-state index contributed by atoms with van der Waals surface area (Å²) in [5.74, 6) is 0. The third kappa shape index (κ3) is 5.79. The zero-order valence-electron chi connectivity index (χ0n) is 12.6. The molecule has 6 heteroatoms. The summed E-state index contributed by atoms with van der Waals surface area (Å²) in [4.78, 5) is 0.317. The SMILES string of the molecule is CCNCCNS(=O)(=O)c1ccc(C(C)(C)C)cc1.Cl. The van der Waals surface area contributed by atoms with Gasteiger partial charge in [0.05, 0.1) is 4.90 Å². The van der Waals surface area contributed by atoms with Crippen LogP contribution in [0.2, 0.25) is 0 Å². The van der Waals surface area contributed by atoms with E-state index in [9.17, 15) is 8.42 Å². The Morgan fingerprint density at radius 3 is 2.05 bits per heavy atom. The third-order valence-corrected chi connectivity index (χ3v) is 4.35. The number of hydrogen-bond donors (Lipinski definition) is 2. The first kappa shape index (κ1) is 19.4. The van der Waals surface area contributed by atoms with Gasteiger partial charge in [0.2, 0.25) is 10.0 Å². The molecule has 0 saturated heterocycles. The molecule has 1 aromatic carbocycles. The molecular formula is C14H25ClN2O2S. The summed E-state index contributed by atoms with van der Waals surface area (Å²) in [5.41, 5.74) is 1.15. The van der Waals surface area contributed by atoms with Gasteiger partial charge in [-0.05, 0) is 29.7 Å². The highest BCUT2D eigenvalue weighted by Gasteiger charge is 2.16. The van der Waals surface area contributed by atoms with Crippen LogP contribution in [-0.2, 0) is 15.4 Å². The van der Waals surface area contributed by atoms with E-state index >= 15 is 0 Å². The lowest BCUT2D eigenvalue weighted by molar-refractivity contribution is 0.575. The predicted octanol–water partition coefficient (Wildman–Crippen LogP) is 2.29. The quantitative estimate of drug-likeness (QED) is 0.791. The van der Waals surface area contributed by atoms with E-state index in [1.165, 1.54) is 0 Å². The van der Waals surface area contributed by atoms with Crippen molar-refractivity contribution in [3.8, 4) is 0 Å². The van der Waals surface area contributed by atoms with E-state index in [2.05, 4.69) is 30.8 Å². The standard InChI is InChI=1S/C14H24N2O2S.ClH/c1-5-15-10-11-16-19(17,18)13-8-6-12(7-9-13)14(2,3)4;/h6-9,15-16H,5,10-11H2,1-4H3;1H. The highest BCUT2D eigenvalue weighted by atomic mass is 35.5. The Morgan fingerprint density at radius 1 is 1.05 bits per heavy atom. The molecule has 0 aliphatic rings. The van der Waals surface area contributed by atoms with Crippen molar-refractivity contribution in [2.45, 2.75) is 38.0 Å². The van der Waals surface area contributed by atoms with Gasteiger partial charge in [-0.1, -0.05) is 39.8 Å². The maximum Gasteiger partial charge on any atom is 0.240 e. The van der Waals surface area contributed by atoms with Crippen LogP contribution >= 0.6 is 12.4 Å². The Kier molecular flexibility index (Phi) is 7.73. The molecule has 0 radical (unpaired) electrons. The highest BCUT2D eigenvalue weighted by Crippen LogP contribution is 2.23. The van der Waals surface area contributed by atoms with E-state index in [4.69, 9.17) is 0 Å². The first-order chi connectivity index (χ1) is 8.77. The van der Waals surface area contributed by atoms with E-state index in [0.29, 0.717) is 18.0 Å². The fraction of sp³-hybridized carbons (Fsp3) is 0.571. The maximum atomic E-state index is 12.0. The number of benzene rings is 1. The van der Waals surface area contributed by atoms with Crippen molar-refractivity contribution in [2.75, 3.05) is 19.6 Å². The molecule has 0 spiro atoms. The molecule has 0 aliphatic heterocycles. The summed E-state index contributed by atoms with van der Waals surface area (Å²) in [6.07, 6.45) is 0. The second-order valence-electron chi connectivity index (χ2n) is 5.53. The molecule has 4 nitrogen and oxygen atoms in total. The van der Waals surface area contributed by atoms with E-state index in [-0.39, 0.29) is 17.8 Å². The molecule has 0 unspecified atom stereocenters. The molecule has 0 amide bonds. The average Bonchev–Trinajstić information content (AvgIpc) is 2.34. The molecule has 0 fully saturated rings. The average molecular weight is 321 g/mol. The molecule has 20 heavy (non-hydrogen) atoms. The fourth-order valence-electron chi connectivity index (χ4n) is 1.67. The monoisotopic (exact) mass is 320 g/mol. The van der Waals surface area contributed by atoms with Crippen molar-refractivity contribution in [3.63, 3.8) is 0 Å². The van der Waals surface area contributed by atoms with Crippen LogP contribution in [0, 0.1) is 0 Å². The third-order valence-electron chi connectivity index (χ3n) is 2.87. The van der Waals surface area contributed by atoms with Crippen LogP contribution in [0.3, 0.4) is 0 Å². The molecule has 0 saturated carbocycles. The molecule has 0 aliphatic carbocycles. The molecule has 1 aromatic rings. The van der Waals surface area contributed by atoms with Crippen LogP contribution in [-0.4, -0.2) is 28.1 Å². The van der Waals surface area contributed by atoms with Crippen molar-refractivity contribution >= 4 is 22.4 Å². The van der Waals surface area contributed by atoms with Gasteiger partial charge in [0.25, 0.3) is 0 Å². The van der Waals surface area contributed by atoms with Gasteiger partial charge in [0.15, 0.2) is 0 Å². The number of hydrogen-bond acceptors (Lipinski definition) is 3. The van der Waals surface area contributed by atoms with Crippen molar-refractivity contribution < 1.29 is 8.42 Å². The van der Waals surface area contributed by atoms with Gasteiger partial charge >= 0.3 is 0 Å². The number of sulfonamides is 1. The van der Waals surface area contributed by atoms with Gasteiger partial charge < -0.3 is 5.32 Å². The van der Waals surface area contributed by atoms with Gasteiger partial charge in [-0.3, -0.25) is 0 Å². The largest absolute Gasteiger partial charge is 0.316 e. The van der Waals surface area contributed by atoms with Crippen molar-refractivity contribution in [1.82, 2.24) is 10.0 Å². The minimum Gasteiger partial charge on any atom is -0.316 e. The van der Waals surface area contributed by atoms with Gasteiger partial charge in [-0.2, -0.15) is 0 Å².